The van der Waals surface area contributed by atoms with Gasteiger partial charge < -0.3 is 5.73 Å². The van der Waals surface area contributed by atoms with Crippen LogP contribution in [0.15, 0.2) is 12.3 Å². The lowest BCUT2D eigenvalue weighted by Crippen LogP contribution is -2.03. The number of nitrogens with two attached hydrogens (primary N) is 1. The maximum Gasteiger partial charge on any atom is 0.223 e. The molecule has 0 saturated heterocycles. The van der Waals surface area contributed by atoms with Crippen LogP contribution >= 0.6 is 23.2 Å². The lowest BCUT2D eigenvalue weighted by Gasteiger charge is -2.11. The third-order valence-electron chi connectivity index (χ3n) is 3.89. The van der Waals surface area contributed by atoms with E-state index in [1.807, 2.05) is 6.07 Å². The van der Waals surface area contributed by atoms with Crippen LogP contribution in [-0.2, 0) is 6.42 Å². The fourth-order valence-corrected chi connectivity index (χ4v) is 3.30. The molecule has 3 N–H and O–H groups in total. The van der Waals surface area contributed by atoms with Crippen LogP contribution in [0.3, 0.4) is 0 Å². The van der Waals surface area contributed by atoms with Gasteiger partial charge in [0, 0.05) is 29.4 Å². The fraction of sp³-hybridized carbons (Fsp3) is 0.462. The number of nitrogen functional groups attached to an aromatic ring is 1. The van der Waals surface area contributed by atoms with Crippen molar-refractivity contribution >= 4 is 29.0 Å². The Hall–Kier alpha value is -1.33. The number of hydrogen-bond donors (Lipinski definition) is 2. The van der Waals surface area contributed by atoms with Crippen LogP contribution in [0.4, 0.5) is 5.82 Å². The molecule has 1 saturated carbocycles. The first kappa shape index (κ1) is 13.6. The number of aromatic amines is 1. The molecule has 2 heterocycles. The normalized spacial score (nSPS) is 22.3. The Morgan fingerprint density at radius 3 is 2.90 bits per heavy atom. The molecule has 0 aromatic carbocycles. The SMILES string of the molecule is Nc1cc(C2CCC(Cc3cnc(Cl)nc3Cl)C2)[nH]n1. The highest BCUT2D eigenvalue weighted by atomic mass is 35.5. The Morgan fingerprint density at radius 1 is 1.35 bits per heavy atom. The summed E-state index contributed by atoms with van der Waals surface area (Å²) in [5.41, 5.74) is 7.74. The van der Waals surface area contributed by atoms with Gasteiger partial charge >= 0.3 is 0 Å². The number of rotatable bonds is 3. The summed E-state index contributed by atoms with van der Waals surface area (Å²) in [6.07, 6.45) is 6.00. The summed E-state index contributed by atoms with van der Waals surface area (Å²) in [7, 11) is 0. The first-order valence-electron chi connectivity index (χ1n) is 6.59. The summed E-state index contributed by atoms with van der Waals surface area (Å²) >= 11 is 11.8. The maximum atomic E-state index is 6.10. The summed E-state index contributed by atoms with van der Waals surface area (Å²) in [5.74, 6) is 1.63. The summed E-state index contributed by atoms with van der Waals surface area (Å²) in [6, 6.07) is 1.92. The highest BCUT2D eigenvalue weighted by Gasteiger charge is 2.27. The Morgan fingerprint density at radius 2 is 2.20 bits per heavy atom. The molecule has 0 bridgehead atoms. The Labute approximate surface area is 126 Å². The second-order valence-corrected chi connectivity index (χ2v) is 5.98. The van der Waals surface area contributed by atoms with Crippen LogP contribution < -0.4 is 5.73 Å². The zero-order valence-electron chi connectivity index (χ0n) is 10.8. The third kappa shape index (κ3) is 2.88. The Balaban J connectivity index is 1.65. The van der Waals surface area contributed by atoms with E-state index in [1.165, 1.54) is 0 Å². The molecule has 1 aliphatic rings. The molecule has 5 nitrogen and oxygen atoms in total. The van der Waals surface area contributed by atoms with Crippen LogP contribution in [-0.4, -0.2) is 20.2 Å². The summed E-state index contributed by atoms with van der Waals surface area (Å²) in [5, 5.41) is 7.65. The van der Waals surface area contributed by atoms with Gasteiger partial charge in [0.05, 0.1) is 0 Å². The molecule has 20 heavy (non-hydrogen) atoms. The molecule has 2 aromatic rings. The summed E-state index contributed by atoms with van der Waals surface area (Å²) in [4.78, 5) is 7.98. The van der Waals surface area contributed by atoms with Crippen LogP contribution in [0.25, 0.3) is 0 Å². The van der Waals surface area contributed by atoms with Crippen molar-refractivity contribution in [2.45, 2.75) is 31.6 Å². The fourth-order valence-electron chi connectivity index (χ4n) is 2.92. The van der Waals surface area contributed by atoms with Gasteiger partial charge in [-0.25, -0.2) is 9.97 Å². The van der Waals surface area contributed by atoms with E-state index < -0.39 is 0 Å². The lowest BCUT2D eigenvalue weighted by atomic mass is 9.97. The highest BCUT2D eigenvalue weighted by molar-refractivity contribution is 6.32. The number of anilines is 1. The molecular formula is C13H15Cl2N5. The first-order chi connectivity index (χ1) is 9.61. The van der Waals surface area contributed by atoms with Crippen molar-refractivity contribution in [3.05, 3.63) is 34.0 Å². The molecule has 1 fully saturated rings. The van der Waals surface area contributed by atoms with Gasteiger partial charge in [-0.15, -0.1) is 0 Å². The van der Waals surface area contributed by atoms with Crippen molar-refractivity contribution in [3.63, 3.8) is 0 Å². The molecule has 7 heteroatoms. The minimum atomic E-state index is 0.191. The molecule has 3 rings (SSSR count). The van der Waals surface area contributed by atoms with E-state index in [1.54, 1.807) is 6.20 Å². The van der Waals surface area contributed by atoms with Crippen molar-refractivity contribution in [2.24, 2.45) is 5.92 Å². The molecule has 1 aliphatic carbocycles. The largest absolute Gasteiger partial charge is 0.382 e. The molecule has 0 radical (unpaired) electrons. The first-order valence-corrected chi connectivity index (χ1v) is 7.35. The van der Waals surface area contributed by atoms with E-state index in [9.17, 15) is 0 Å². The molecule has 0 spiro atoms. The van der Waals surface area contributed by atoms with E-state index in [0.717, 1.165) is 36.9 Å². The quantitative estimate of drug-likeness (QED) is 0.673. The average molecular weight is 312 g/mol. The highest BCUT2D eigenvalue weighted by Crippen LogP contribution is 2.39. The number of aromatic nitrogens is 4. The average Bonchev–Trinajstić information content (AvgIpc) is 3.02. The van der Waals surface area contributed by atoms with Crippen LogP contribution in [0.5, 0.6) is 0 Å². The summed E-state index contributed by atoms with van der Waals surface area (Å²) in [6.45, 7) is 0. The molecule has 2 atom stereocenters. The number of halogens is 2. The zero-order chi connectivity index (χ0) is 14.1. The van der Waals surface area contributed by atoms with Crippen molar-refractivity contribution in [3.8, 4) is 0 Å². The van der Waals surface area contributed by atoms with E-state index in [0.29, 0.717) is 22.8 Å². The number of H-pyrrole nitrogens is 1. The zero-order valence-corrected chi connectivity index (χ0v) is 12.3. The molecule has 2 unspecified atom stereocenters. The monoisotopic (exact) mass is 311 g/mol. The third-order valence-corrected chi connectivity index (χ3v) is 4.40. The van der Waals surface area contributed by atoms with E-state index in [4.69, 9.17) is 28.9 Å². The van der Waals surface area contributed by atoms with Crippen molar-refractivity contribution in [2.75, 3.05) is 5.73 Å². The number of nitrogens with one attached hydrogen (secondary N) is 1. The Kier molecular flexibility index (Phi) is 3.81. The van der Waals surface area contributed by atoms with E-state index >= 15 is 0 Å². The molecule has 2 aromatic heterocycles. The van der Waals surface area contributed by atoms with Gasteiger partial charge in [-0.2, -0.15) is 5.10 Å². The maximum absolute atomic E-state index is 6.10. The van der Waals surface area contributed by atoms with Crippen molar-refractivity contribution < 1.29 is 0 Å². The standard InChI is InChI=1S/C13H15Cl2N5/c14-12-9(6-17-13(15)18-12)4-7-1-2-8(3-7)10-5-11(16)20-19-10/h5-8H,1-4H2,(H3,16,19,20). The summed E-state index contributed by atoms with van der Waals surface area (Å²) < 4.78 is 0. The second kappa shape index (κ2) is 5.58. The molecule has 0 amide bonds. The predicted octanol–water partition coefficient (Wildman–Crippen LogP) is 3.22. The lowest BCUT2D eigenvalue weighted by molar-refractivity contribution is 0.532. The minimum absolute atomic E-state index is 0.191. The van der Waals surface area contributed by atoms with Crippen LogP contribution in [0.2, 0.25) is 10.4 Å². The van der Waals surface area contributed by atoms with Gasteiger partial charge in [-0.3, -0.25) is 5.10 Å². The smallest absolute Gasteiger partial charge is 0.223 e. The topological polar surface area (TPSA) is 80.5 Å². The number of hydrogen-bond acceptors (Lipinski definition) is 4. The molecule has 106 valence electrons. The van der Waals surface area contributed by atoms with E-state index in [2.05, 4.69) is 20.2 Å². The second-order valence-electron chi connectivity index (χ2n) is 5.28. The van der Waals surface area contributed by atoms with Crippen LogP contribution in [0.1, 0.15) is 36.4 Å². The van der Waals surface area contributed by atoms with Gasteiger partial charge in [0.1, 0.15) is 11.0 Å². The van der Waals surface area contributed by atoms with Gasteiger partial charge in [0.15, 0.2) is 0 Å². The number of nitrogens with zero attached hydrogens (tertiary/aromatic N) is 3. The molecule has 0 aliphatic heterocycles. The van der Waals surface area contributed by atoms with E-state index in [-0.39, 0.29) is 5.28 Å². The van der Waals surface area contributed by atoms with Gasteiger partial charge in [-0.1, -0.05) is 11.6 Å². The van der Waals surface area contributed by atoms with Gasteiger partial charge in [0.25, 0.3) is 0 Å². The van der Waals surface area contributed by atoms with Crippen LogP contribution in [0, 0.1) is 5.92 Å². The molecular weight excluding hydrogens is 297 g/mol. The Bertz CT molecular complexity index is 613. The van der Waals surface area contributed by atoms with Gasteiger partial charge in [0.2, 0.25) is 5.28 Å². The van der Waals surface area contributed by atoms with Gasteiger partial charge in [-0.05, 0) is 43.2 Å². The van der Waals surface area contributed by atoms with Crippen molar-refractivity contribution in [1.29, 1.82) is 0 Å². The minimum Gasteiger partial charge on any atom is -0.382 e. The predicted molar refractivity (Wildman–Crippen MR) is 78.8 cm³/mol. The van der Waals surface area contributed by atoms with Crippen molar-refractivity contribution in [1.82, 2.24) is 20.2 Å².